The van der Waals surface area contributed by atoms with Gasteiger partial charge < -0.3 is 13.9 Å². The molecule has 1 heterocycles. The van der Waals surface area contributed by atoms with Crippen LogP contribution in [0.25, 0.3) is 22.5 Å². The topological polar surface area (TPSA) is 67.8 Å². The van der Waals surface area contributed by atoms with Crippen LogP contribution in [0.5, 0.6) is 11.5 Å². The van der Waals surface area contributed by atoms with Crippen LogP contribution in [0, 0.1) is 28.7 Å². The molecule has 1 aromatic heterocycles. The molecule has 0 fully saturated rings. The van der Waals surface area contributed by atoms with Gasteiger partial charge in [-0.05, 0) is 77.4 Å². The number of nitriles is 1. The van der Waals surface area contributed by atoms with Crippen LogP contribution in [-0.4, -0.2) is 13.3 Å². The van der Waals surface area contributed by atoms with Crippen molar-refractivity contribution in [2.24, 2.45) is 4.99 Å². The standard InChI is InChI=1S/C34H26ClIN2O3/c1-21-4-10-25(11-5-21)31-28(18-37)34(41-32(31)26-12-6-22(2)7-13-26)38-19-24-16-29(36)33(30(17-24)39-3)40-20-23-8-14-27(35)15-9-23/h4-17,19H,20H2,1-3H3. The first-order valence-electron chi connectivity index (χ1n) is 12.9. The number of rotatable bonds is 8. The summed E-state index contributed by atoms with van der Waals surface area (Å²) in [7, 11) is 1.60. The molecule has 7 heteroatoms. The molecular formula is C34H26ClIN2O3. The van der Waals surface area contributed by atoms with E-state index in [1.54, 1.807) is 13.3 Å². The molecule has 0 radical (unpaired) electrons. The third-order valence-electron chi connectivity index (χ3n) is 6.53. The van der Waals surface area contributed by atoms with Crippen molar-refractivity contribution in [2.75, 3.05) is 7.11 Å². The van der Waals surface area contributed by atoms with E-state index in [1.165, 1.54) is 0 Å². The van der Waals surface area contributed by atoms with Gasteiger partial charge in [0.1, 0.15) is 24.0 Å². The lowest BCUT2D eigenvalue weighted by Crippen LogP contribution is -2.00. The molecule has 0 amide bonds. The maximum Gasteiger partial charge on any atom is 0.238 e. The summed E-state index contributed by atoms with van der Waals surface area (Å²) in [6, 6.07) is 29.7. The maximum atomic E-state index is 10.2. The van der Waals surface area contributed by atoms with Crippen LogP contribution in [0.1, 0.15) is 27.8 Å². The SMILES string of the molecule is COc1cc(C=Nc2oc(-c3ccc(C)cc3)c(-c3ccc(C)cc3)c2C#N)cc(I)c1OCc1ccc(Cl)cc1. The van der Waals surface area contributed by atoms with Crippen molar-refractivity contribution < 1.29 is 13.9 Å². The van der Waals surface area contributed by atoms with Gasteiger partial charge in [0.05, 0.1) is 10.7 Å². The third kappa shape index (κ3) is 6.48. The molecule has 0 spiro atoms. The average molecular weight is 673 g/mol. The Morgan fingerprint density at radius 1 is 0.927 bits per heavy atom. The predicted octanol–water partition coefficient (Wildman–Crippen LogP) is 9.70. The van der Waals surface area contributed by atoms with Crippen molar-refractivity contribution in [3.8, 4) is 40.0 Å². The third-order valence-corrected chi connectivity index (χ3v) is 7.59. The van der Waals surface area contributed by atoms with E-state index >= 15 is 0 Å². The number of nitrogens with zero attached hydrogens (tertiary/aromatic N) is 2. The molecule has 0 bridgehead atoms. The van der Waals surface area contributed by atoms with Gasteiger partial charge in [0.2, 0.25) is 5.88 Å². The highest BCUT2D eigenvalue weighted by Gasteiger charge is 2.23. The summed E-state index contributed by atoms with van der Waals surface area (Å²) in [4.78, 5) is 4.64. The van der Waals surface area contributed by atoms with Gasteiger partial charge in [0, 0.05) is 22.4 Å². The van der Waals surface area contributed by atoms with Gasteiger partial charge >= 0.3 is 0 Å². The van der Waals surface area contributed by atoms with E-state index in [0.29, 0.717) is 34.5 Å². The summed E-state index contributed by atoms with van der Waals surface area (Å²) in [6.45, 7) is 4.44. The number of methoxy groups -OCH3 is 1. The zero-order valence-corrected chi connectivity index (χ0v) is 25.7. The molecule has 41 heavy (non-hydrogen) atoms. The Kier molecular flexibility index (Phi) is 8.77. The molecule has 5 rings (SSSR count). The van der Waals surface area contributed by atoms with Gasteiger partial charge in [-0.1, -0.05) is 83.4 Å². The van der Waals surface area contributed by atoms with E-state index in [0.717, 1.165) is 42.5 Å². The Balaban J connectivity index is 1.50. The Hall–Kier alpha value is -4.06. The molecule has 0 aliphatic heterocycles. The lowest BCUT2D eigenvalue weighted by atomic mass is 9.97. The number of aryl methyl sites for hydroxylation is 2. The zero-order chi connectivity index (χ0) is 28.9. The smallest absolute Gasteiger partial charge is 0.238 e. The Labute approximate surface area is 258 Å². The van der Waals surface area contributed by atoms with E-state index in [1.807, 2.05) is 98.8 Å². The quantitative estimate of drug-likeness (QED) is 0.122. The van der Waals surface area contributed by atoms with Crippen LogP contribution < -0.4 is 9.47 Å². The summed E-state index contributed by atoms with van der Waals surface area (Å²) in [6.07, 6.45) is 1.67. The Bertz CT molecular complexity index is 1750. The van der Waals surface area contributed by atoms with Crippen molar-refractivity contribution in [2.45, 2.75) is 20.5 Å². The molecular weight excluding hydrogens is 647 g/mol. The summed E-state index contributed by atoms with van der Waals surface area (Å²) in [5.41, 5.74) is 6.92. The number of aliphatic imine (C=N–C) groups is 1. The van der Waals surface area contributed by atoms with Gasteiger partial charge in [-0.2, -0.15) is 5.26 Å². The molecule has 0 saturated heterocycles. The van der Waals surface area contributed by atoms with E-state index < -0.39 is 0 Å². The molecule has 204 valence electrons. The molecule has 0 N–H and O–H groups in total. The van der Waals surface area contributed by atoms with Crippen LogP contribution in [0.2, 0.25) is 5.02 Å². The van der Waals surface area contributed by atoms with Crippen molar-refractivity contribution >= 4 is 46.3 Å². The zero-order valence-electron chi connectivity index (χ0n) is 22.7. The molecule has 4 aromatic carbocycles. The molecule has 5 aromatic rings. The largest absolute Gasteiger partial charge is 0.493 e. The Morgan fingerprint density at radius 3 is 2.17 bits per heavy atom. The van der Waals surface area contributed by atoms with Crippen LogP contribution in [0.4, 0.5) is 5.88 Å². The highest BCUT2D eigenvalue weighted by molar-refractivity contribution is 14.1. The van der Waals surface area contributed by atoms with Gasteiger partial charge in [-0.15, -0.1) is 0 Å². The van der Waals surface area contributed by atoms with E-state index in [2.05, 4.69) is 33.7 Å². The summed E-state index contributed by atoms with van der Waals surface area (Å²) in [5, 5.41) is 10.9. The summed E-state index contributed by atoms with van der Waals surface area (Å²) < 4.78 is 18.9. The van der Waals surface area contributed by atoms with Crippen LogP contribution in [-0.2, 0) is 6.61 Å². The second-order valence-corrected chi connectivity index (χ2v) is 11.1. The first-order chi connectivity index (χ1) is 19.9. The van der Waals surface area contributed by atoms with E-state index in [-0.39, 0.29) is 5.88 Å². The molecule has 0 aliphatic rings. The van der Waals surface area contributed by atoms with Gasteiger partial charge in [0.25, 0.3) is 0 Å². The fourth-order valence-electron chi connectivity index (χ4n) is 4.34. The molecule has 0 unspecified atom stereocenters. The lowest BCUT2D eigenvalue weighted by molar-refractivity contribution is 0.282. The second kappa shape index (κ2) is 12.6. The summed E-state index contributed by atoms with van der Waals surface area (Å²) >= 11 is 8.21. The normalized spacial score (nSPS) is 11.0. The van der Waals surface area contributed by atoms with Crippen molar-refractivity contribution in [1.29, 1.82) is 5.26 Å². The number of ether oxygens (including phenoxy) is 2. The first kappa shape index (κ1) is 28.5. The number of benzene rings is 4. The number of hydrogen-bond donors (Lipinski definition) is 0. The predicted molar refractivity (Wildman–Crippen MR) is 173 cm³/mol. The first-order valence-corrected chi connectivity index (χ1v) is 14.3. The average Bonchev–Trinajstić information content (AvgIpc) is 3.35. The number of furan rings is 1. The number of halogens is 2. The minimum Gasteiger partial charge on any atom is -0.493 e. The monoisotopic (exact) mass is 672 g/mol. The van der Waals surface area contributed by atoms with Crippen molar-refractivity contribution in [3.05, 3.63) is 121 Å². The van der Waals surface area contributed by atoms with Crippen LogP contribution in [0.3, 0.4) is 0 Å². The van der Waals surface area contributed by atoms with Crippen LogP contribution >= 0.6 is 34.2 Å². The van der Waals surface area contributed by atoms with E-state index in [4.69, 9.17) is 25.5 Å². The Morgan fingerprint density at radius 2 is 1.56 bits per heavy atom. The highest BCUT2D eigenvalue weighted by Crippen LogP contribution is 2.43. The molecule has 0 saturated carbocycles. The minimum absolute atomic E-state index is 0.246. The maximum absolute atomic E-state index is 10.2. The lowest BCUT2D eigenvalue weighted by Gasteiger charge is -2.13. The van der Waals surface area contributed by atoms with E-state index in [9.17, 15) is 5.26 Å². The minimum atomic E-state index is 0.246. The molecule has 0 aliphatic carbocycles. The molecule has 5 nitrogen and oxygen atoms in total. The highest BCUT2D eigenvalue weighted by atomic mass is 127. The second-order valence-electron chi connectivity index (χ2n) is 9.54. The van der Waals surface area contributed by atoms with Gasteiger partial charge in [0.15, 0.2) is 11.5 Å². The van der Waals surface area contributed by atoms with Crippen molar-refractivity contribution in [1.82, 2.24) is 0 Å². The fourth-order valence-corrected chi connectivity index (χ4v) is 5.25. The van der Waals surface area contributed by atoms with Crippen LogP contribution in [0.15, 0.2) is 94.3 Å². The fraction of sp³-hybridized carbons (Fsp3) is 0.118. The van der Waals surface area contributed by atoms with Crippen molar-refractivity contribution in [3.63, 3.8) is 0 Å². The summed E-state index contributed by atoms with van der Waals surface area (Å²) in [5.74, 6) is 2.07. The molecule has 0 atom stereocenters. The number of hydrogen-bond acceptors (Lipinski definition) is 5. The van der Waals surface area contributed by atoms with Gasteiger partial charge in [-0.25, -0.2) is 4.99 Å². The van der Waals surface area contributed by atoms with Gasteiger partial charge in [-0.3, -0.25) is 0 Å².